The summed E-state index contributed by atoms with van der Waals surface area (Å²) in [4.78, 5) is 22.7. The Bertz CT molecular complexity index is 755. The minimum atomic E-state index is -0.539. The summed E-state index contributed by atoms with van der Waals surface area (Å²) in [6, 6.07) is 11.4. The maximum atomic E-state index is 11.8. The highest BCUT2D eigenvalue weighted by molar-refractivity contribution is 6.35. The van der Waals surface area contributed by atoms with Crippen LogP contribution >= 0.6 is 23.2 Å². The summed E-state index contributed by atoms with van der Waals surface area (Å²) in [5.41, 5.74) is 1.29. The molecule has 0 heterocycles. The normalized spacial score (nSPS) is 10.6. The number of carbonyl (C=O) groups excluding carboxylic acids is 2. The Morgan fingerprint density at radius 1 is 1.09 bits per heavy atom. The molecule has 0 bridgehead atoms. The molecule has 0 unspecified atom stereocenters. The third kappa shape index (κ3) is 5.43. The van der Waals surface area contributed by atoms with Gasteiger partial charge in [-0.1, -0.05) is 29.3 Å². The van der Waals surface area contributed by atoms with E-state index in [0.717, 1.165) is 0 Å². The largest absolute Gasteiger partial charge is 0.423 e. The van der Waals surface area contributed by atoms with Gasteiger partial charge in [0.1, 0.15) is 5.75 Å². The summed E-state index contributed by atoms with van der Waals surface area (Å²) in [6.07, 6.45) is 2.82. The number of hydrogen-bond acceptors (Lipinski definition) is 3. The fourth-order valence-electron chi connectivity index (χ4n) is 1.75. The maximum absolute atomic E-state index is 11.8. The quantitative estimate of drug-likeness (QED) is 0.499. The first-order valence-electron chi connectivity index (χ1n) is 6.66. The summed E-state index contributed by atoms with van der Waals surface area (Å²) < 4.78 is 5.15. The van der Waals surface area contributed by atoms with Gasteiger partial charge < -0.3 is 10.1 Å². The predicted octanol–water partition coefficient (Wildman–Crippen LogP) is 4.57. The Labute approximate surface area is 143 Å². The summed E-state index contributed by atoms with van der Waals surface area (Å²) in [5.74, 6) is -0.336. The summed E-state index contributed by atoms with van der Waals surface area (Å²) >= 11 is 11.8. The van der Waals surface area contributed by atoms with E-state index < -0.39 is 5.97 Å². The number of nitrogens with one attached hydrogen (secondary N) is 1. The number of carbonyl (C=O) groups is 2. The molecule has 0 fully saturated rings. The van der Waals surface area contributed by atoms with E-state index >= 15 is 0 Å². The number of ether oxygens (including phenoxy) is 1. The molecule has 1 amide bonds. The SMILES string of the molecule is CC(=O)Nc1ccc(OC(=O)/C=C/c2ccc(Cl)cc2Cl)cc1. The lowest BCUT2D eigenvalue weighted by molar-refractivity contribution is -0.128. The monoisotopic (exact) mass is 349 g/mol. The number of amides is 1. The first-order valence-corrected chi connectivity index (χ1v) is 7.42. The highest BCUT2D eigenvalue weighted by Gasteiger charge is 2.03. The van der Waals surface area contributed by atoms with Crippen molar-refractivity contribution in [1.29, 1.82) is 0 Å². The number of rotatable bonds is 4. The smallest absolute Gasteiger partial charge is 0.336 e. The molecule has 0 aliphatic rings. The average molecular weight is 350 g/mol. The van der Waals surface area contributed by atoms with Gasteiger partial charge in [-0.15, -0.1) is 0 Å². The molecule has 1 N–H and O–H groups in total. The maximum Gasteiger partial charge on any atom is 0.336 e. The van der Waals surface area contributed by atoms with E-state index in [0.29, 0.717) is 27.0 Å². The Morgan fingerprint density at radius 2 is 1.78 bits per heavy atom. The lowest BCUT2D eigenvalue weighted by Crippen LogP contribution is -2.06. The first-order chi connectivity index (χ1) is 10.9. The van der Waals surface area contributed by atoms with Gasteiger partial charge in [0.15, 0.2) is 0 Å². The molecule has 23 heavy (non-hydrogen) atoms. The van der Waals surface area contributed by atoms with E-state index in [2.05, 4.69) is 5.32 Å². The fourth-order valence-corrected chi connectivity index (χ4v) is 2.23. The Balaban J connectivity index is 1.98. The van der Waals surface area contributed by atoms with Gasteiger partial charge in [0.05, 0.1) is 0 Å². The molecule has 2 aromatic rings. The Kier molecular flexibility index (Phi) is 5.79. The van der Waals surface area contributed by atoms with Crippen molar-refractivity contribution in [2.24, 2.45) is 0 Å². The van der Waals surface area contributed by atoms with E-state index in [4.69, 9.17) is 27.9 Å². The predicted molar refractivity (Wildman–Crippen MR) is 91.9 cm³/mol. The van der Waals surface area contributed by atoms with Crippen molar-refractivity contribution in [3.8, 4) is 5.75 Å². The van der Waals surface area contributed by atoms with Gasteiger partial charge in [-0.3, -0.25) is 4.79 Å². The van der Waals surface area contributed by atoms with Gasteiger partial charge >= 0.3 is 5.97 Å². The average Bonchev–Trinajstić information content (AvgIpc) is 2.48. The zero-order valence-corrected chi connectivity index (χ0v) is 13.7. The van der Waals surface area contributed by atoms with E-state index in [-0.39, 0.29) is 5.91 Å². The Morgan fingerprint density at radius 3 is 2.39 bits per heavy atom. The number of benzene rings is 2. The zero-order valence-electron chi connectivity index (χ0n) is 12.2. The van der Waals surface area contributed by atoms with Crippen LogP contribution in [0.4, 0.5) is 5.69 Å². The number of anilines is 1. The highest BCUT2D eigenvalue weighted by Crippen LogP contribution is 2.22. The van der Waals surface area contributed by atoms with Crippen LogP contribution in [-0.4, -0.2) is 11.9 Å². The molecule has 2 rings (SSSR count). The van der Waals surface area contributed by atoms with Crippen LogP contribution in [0.15, 0.2) is 48.5 Å². The number of esters is 1. The third-order valence-corrected chi connectivity index (χ3v) is 3.32. The molecule has 0 spiro atoms. The molecule has 0 aliphatic carbocycles. The molecular weight excluding hydrogens is 337 g/mol. The lowest BCUT2D eigenvalue weighted by atomic mass is 10.2. The molecule has 4 nitrogen and oxygen atoms in total. The summed E-state index contributed by atoms with van der Waals surface area (Å²) in [7, 11) is 0. The van der Waals surface area contributed by atoms with E-state index in [1.165, 1.54) is 13.0 Å². The van der Waals surface area contributed by atoms with Crippen molar-refractivity contribution >= 4 is 46.8 Å². The minimum Gasteiger partial charge on any atom is -0.423 e. The van der Waals surface area contributed by atoms with Crippen molar-refractivity contribution in [2.75, 3.05) is 5.32 Å². The van der Waals surface area contributed by atoms with Gasteiger partial charge in [0, 0.05) is 28.7 Å². The second kappa shape index (κ2) is 7.81. The van der Waals surface area contributed by atoms with Gasteiger partial charge in [-0.25, -0.2) is 4.79 Å². The highest BCUT2D eigenvalue weighted by atomic mass is 35.5. The molecule has 6 heteroatoms. The van der Waals surface area contributed by atoms with Crippen LogP contribution in [-0.2, 0) is 9.59 Å². The molecule has 0 saturated carbocycles. The standard InChI is InChI=1S/C17H13Cl2NO3/c1-11(21)20-14-5-7-15(8-6-14)23-17(22)9-3-12-2-4-13(18)10-16(12)19/h2-10H,1H3,(H,20,21)/b9-3+. The molecule has 0 aliphatic heterocycles. The molecule has 0 saturated heterocycles. The van der Waals surface area contributed by atoms with Gasteiger partial charge in [-0.05, 0) is 48.0 Å². The molecule has 0 aromatic heterocycles. The molecular formula is C17H13Cl2NO3. The van der Waals surface area contributed by atoms with Crippen molar-refractivity contribution in [1.82, 2.24) is 0 Å². The molecule has 2 aromatic carbocycles. The van der Waals surface area contributed by atoms with Crippen LogP contribution in [0.1, 0.15) is 12.5 Å². The third-order valence-electron chi connectivity index (χ3n) is 2.75. The number of hydrogen-bond donors (Lipinski definition) is 1. The van der Waals surface area contributed by atoms with Gasteiger partial charge in [0.25, 0.3) is 0 Å². The summed E-state index contributed by atoms with van der Waals surface area (Å²) in [5, 5.41) is 3.59. The van der Waals surface area contributed by atoms with E-state index in [1.54, 1.807) is 48.5 Å². The fraction of sp³-hybridized carbons (Fsp3) is 0.0588. The minimum absolute atomic E-state index is 0.169. The second-order valence-corrected chi connectivity index (χ2v) is 5.47. The van der Waals surface area contributed by atoms with Crippen LogP contribution in [0.2, 0.25) is 10.0 Å². The number of halogens is 2. The van der Waals surface area contributed by atoms with Crippen LogP contribution in [0.3, 0.4) is 0 Å². The molecule has 0 radical (unpaired) electrons. The topological polar surface area (TPSA) is 55.4 Å². The van der Waals surface area contributed by atoms with Crippen LogP contribution in [0.25, 0.3) is 6.08 Å². The van der Waals surface area contributed by atoms with Crippen molar-refractivity contribution in [3.05, 3.63) is 64.1 Å². The first kappa shape index (κ1) is 17.1. The van der Waals surface area contributed by atoms with Crippen LogP contribution < -0.4 is 10.1 Å². The van der Waals surface area contributed by atoms with Crippen LogP contribution in [0, 0.1) is 0 Å². The van der Waals surface area contributed by atoms with E-state index in [1.807, 2.05) is 0 Å². The van der Waals surface area contributed by atoms with Crippen molar-refractivity contribution < 1.29 is 14.3 Å². The van der Waals surface area contributed by atoms with E-state index in [9.17, 15) is 9.59 Å². The second-order valence-electron chi connectivity index (χ2n) is 4.63. The van der Waals surface area contributed by atoms with Crippen molar-refractivity contribution in [2.45, 2.75) is 6.92 Å². The zero-order chi connectivity index (χ0) is 16.8. The van der Waals surface area contributed by atoms with Crippen LogP contribution in [0.5, 0.6) is 5.75 Å². The lowest BCUT2D eigenvalue weighted by Gasteiger charge is -2.04. The van der Waals surface area contributed by atoms with Gasteiger partial charge in [0.2, 0.25) is 5.91 Å². The molecule has 118 valence electrons. The van der Waals surface area contributed by atoms with Gasteiger partial charge in [-0.2, -0.15) is 0 Å². The summed E-state index contributed by atoms with van der Waals surface area (Å²) in [6.45, 7) is 1.42. The van der Waals surface area contributed by atoms with Crippen molar-refractivity contribution in [3.63, 3.8) is 0 Å². The Hall–Kier alpha value is -2.30. The molecule has 0 atom stereocenters.